The minimum absolute atomic E-state index is 0.0748. The molecule has 0 atom stereocenters. The smallest absolute Gasteiger partial charge is 0.166 e. The van der Waals surface area contributed by atoms with Crippen molar-refractivity contribution in [2.45, 2.75) is 248 Å². The normalized spacial score (nSPS) is 16.1. The number of ketones is 6. The Hall–Kier alpha value is -10.9. The number of aromatic nitrogens is 5. The van der Waals surface area contributed by atoms with E-state index in [1.54, 1.807) is 48.8 Å². The molecule has 13 aromatic rings. The zero-order valence-corrected chi connectivity index (χ0v) is 88.2. The van der Waals surface area contributed by atoms with Gasteiger partial charge in [-0.05, 0) is 294 Å². The predicted molar refractivity (Wildman–Crippen MR) is 588 cm³/mol. The lowest BCUT2D eigenvalue weighted by Crippen LogP contribution is -2.46. The quantitative estimate of drug-likeness (QED) is 0.0359. The van der Waals surface area contributed by atoms with Crippen LogP contribution in [0.3, 0.4) is 0 Å². The first kappa shape index (κ1) is 108. The van der Waals surface area contributed by atoms with Gasteiger partial charge in [-0.25, -0.2) is 0 Å². The van der Waals surface area contributed by atoms with E-state index in [4.69, 9.17) is 21.1 Å². The number of aryl methyl sites for hydroxylation is 7. The molecule has 19 nitrogen and oxygen atoms in total. The van der Waals surface area contributed by atoms with Crippen LogP contribution in [0.1, 0.15) is 268 Å². The van der Waals surface area contributed by atoms with Gasteiger partial charge < -0.3 is 61.9 Å². The highest BCUT2D eigenvalue weighted by Gasteiger charge is 2.34. The van der Waals surface area contributed by atoms with Gasteiger partial charge in [0.05, 0.1) is 52.4 Å². The van der Waals surface area contributed by atoms with Gasteiger partial charge in [-0.2, -0.15) is 0 Å². The summed E-state index contributed by atoms with van der Waals surface area (Å²) < 4.78 is 22.2. The van der Waals surface area contributed by atoms with Crippen LogP contribution in [-0.2, 0) is 45.6 Å². The van der Waals surface area contributed by atoms with Gasteiger partial charge in [0.25, 0.3) is 0 Å². The third-order valence-corrected chi connectivity index (χ3v) is 31.4. The highest BCUT2D eigenvalue weighted by molar-refractivity contribution is 6.35. The second-order valence-corrected chi connectivity index (χ2v) is 41.8. The van der Waals surface area contributed by atoms with Gasteiger partial charge in [0, 0.05) is 149 Å². The summed E-state index contributed by atoms with van der Waals surface area (Å²) >= 11 is 6.42. The van der Waals surface area contributed by atoms with E-state index >= 15 is 0 Å². The fourth-order valence-electron chi connectivity index (χ4n) is 22.9. The number of benzene rings is 8. The maximum absolute atomic E-state index is 12.7. The van der Waals surface area contributed by atoms with Crippen LogP contribution in [0.4, 0.5) is 0 Å². The molecule has 143 heavy (non-hydrogen) atoms. The van der Waals surface area contributed by atoms with Crippen molar-refractivity contribution < 1.29 is 43.3 Å². The van der Waals surface area contributed by atoms with Gasteiger partial charge in [-0.1, -0.05) is 228 Å². The molecule has 8 aromatic carbocycles. The van der Waals surface area contributed by atoms with Gasteiger partial charge in [0.2, 0.25) is 0 Å². The Morgan fingerprint density at radius 3 is 0.993 bits per heavy atom. The van der Waals surface area contributed by atoms with Gasteiger partial charge in [0.1, 0.15) is 11.5 Å². The highest BCUT2D eigenvalue weighted by atomic mass is 35.5. The fraction of sp³-hybridized carbons (Fsp3) is 0.480. The first-order valence-electron chi connectivity index (χ1n) is 53.7. The monoisotopic (exact) mass is 1960 g/mol. The molecule has 20 heteroatoms. The summed E-state index contributed by atoms with van der Waals surface area (Å²) in [5, 5.41) is 16.8. The van der Waals surface area contributed by atoms with Crippen molar-refractivity contribution in [3.8, 4) is 11.5 Å². The second-order valence-electron chi connectivity index (χ2n) is 41.4. The number of carbonyl (C=O) groups is 6. The molecule has 0 amide bonds. The third kappa shape index (κ3) is 29.1. The van der Waals surface area contributed by atoms with Crippen LogP contribution < -0.4 is 9.47 Å². The van der Waals surface area contributed by atoms with Crippen molar-refractivity contribution >= 4 is 101 Å². The number of halogens is 1. The number of carbonyl (C=O) groups excluding carboxylic acids is 6. The topological polar surface area (TPSA) is 182 Å². The van der Waals surface area contributed by atoms with Crippen LogP contribution in [-0.4, -0.2) is 205 Å². The van der Waals surface area contributed by atoms with Crippen molar-refractivity contribution in [1.82, 2.24) is 47.3 Å². The minimum Gasteiger partial charge on any atom is -0.495 e. The Bertz CT molecular complexity index is 6180. The molecular formula is C123H159ClN10O9. The highest BCUT2D eigenvalue weighted by Crippen LogP contribution is 2.38. The molecule has 5 aromatic heterocycles. The van der Waals surface area contributed by atoms with E-state index in [2.05, 4.69) is 148 Å². The maximum atomic E-state index is 12.7. The number of hydrogen-bond donors (Lipinski definition) is 1. The minimum atomic E-state index is -0.599. The molecule has 1 N–H and O–H groups in total. The molecule has 0 radical (unpaired) electrons. The number of piperidine rings is 5. The molecule has 0 aliphatic carbocycles. The maximum Gasteiger partial charge on any atom is 0.166 e. The number of ether oxygens (including phenoxy) is 2. The Morgan fingerprint density at radius 1 is 0.336 bits per heavy atom. The van der Waals surface area contributed by atoms with Crippen LogP contribution in [0.25, 0.3) is 54.5 Å². The van der Waals surface area contributed by atoms with Gasteiger partial charge in [-0.3, -0.25) is 28.8 Å². The Balaban J connectivity index is 0.000000142. The number of likely N-dealkylation sites (tertiary alicyclic amines) is 5. The molecule has 5 saturated heterocycles. The lowest BCUT2D eigenvalue weighted by Gasteiger charge is -2.38. The van der Waals surface area contributed by atoms with E-state index in [9.17, 15) is 33.9 Å². The number of para-hydroxylation sites is 5. The van der Waals surface area contributed by atoms with Crippen molar-refractivity contribution in [3.63, 3.8) is 0 Å². The molecule has 10 heterocycles. The molecule has 5 fully saturated rings. The van der Waals surface area contributed by atoms with Gasteiger partial charge in [-0.15, -0.1) is 0 Å². The molecule has 0 spiro atoms. The summed E-state index contributed by atoms with van der Waals surface area (Å²) in [5.74, 6) is 5.34. The number of unbranched alkanes of at least 4 members (excludes halogenated alkanes) is 2. The zero-order valence-electron chi connectivity index (χ0n) is 87.5. The van der Waals surface area contributed by atoms with Gasteiger partial charge in [0.15, 0.2) is 34.7 Å². The van der Waals surface area contributed by atoms with Gasteiger partial charge >= 0.3 is 0 Å². The summed E-state index contributed by atoms with van der Waals surface area (Å²) in [6.07, 6.45) is 37.0. The van der Waals surface area contributed by atoms with E-state index in [-0.39, 0.29) is 34.8 Å². The summed E-state index contributed by atoms with van der Waals surface area (Å²) in [4.78, 5) is 85.6. The molecule has 0 bridgehead atoms. The average molecular weight is 1960 g/mol. The van der Waals surface area contributed by atoms with Crippen LogP contribution in [0.15, 0.2) is 213 Å². The third-order valence-electron chi connectivity index (χ3n) is 31.1. The predicted octanol–water partition coefficient (Wildman–Crippen LogP) is 25.9. The second kappa shape index (κ2) is 53.3. The Kier molecular flexibility index (Phi) is 40.2. The lowest BCUT2D eigenvalue weighted by atomic mass is 9.85. The van der Waals surface area contributed by atoms with Crippen LogP contribution in [0, 0.1) is 37.5 Å². The Labute approximate surface area is 855 Å². The number of aliphatic hydroxyl groups is 1. The van der Waals surface area contributed by atoms with E-state index in [0.717, 1.165) is 260 Å². The van der Waals surface area contributed by atoms with Crippen LogP contribution in [0.2, 0.25) is 5.02 Å². The number of fused-ring (bicyclic) bond motifs is 5. The summed E-state index contributed by atoms with van der Waals surface area (Å²) in [6.45, 7) is 38.1. The van der Waals surface area contributed by atoms with Crippen molar-refractivity contribution in [2.75, 3.05) is 112 Å². The summed E-state index contributed by atoms with van der Waals surface area (Å²) in [7, 11) is 3.36. The zero-order chi connectivity index (χ0) is 101. The van der Waals surface area contributed by atoms with E-state index in [1.807, 2.05) is 140 Å². The Morgan fingerprint density at radius 2 is 0.636 bits per heavy atom. The standard InChI is InChI=1S/C26H32N2O3.C26H30N2O2.C26H32N2O2.C23H34N2O.C22H31ClN2O/c1-20(29)23-19-28(25-22(23)10-6-11-24(25)31-2)15-7-14-27-16-12-26(30,13-17-27)18-21-8-4-3-5-9-21;1-19-8-6-11-23-24(20(2)29)18-28(25(19)23)15-7-14-27-16-12-22(13-17-27)26(30)21-9-4-3-5-10-21;1-20(29)24-19-28(26-23(24)10-6-11-25(26)30-2)15-7-14-27-16-12-22(13-17-27)18-21-8-4-3-5-9-21;1-4-5-9-20-11-15-24(16-12-20)13-7-14-25-17-22(19(3)26)21-10-6-8-18(2)23(21)25;1-3-4-7-18-10-14-24(15-11-18)12-6-13-25-16-20(17(2)26)19-8-5-9-21(23)22(19)25/h3-6,8-11,19,30H,7,12-18H2,1-2H3;3-6,8-11,18,22H,7,12-17H2,1-2H3;3-6,8-11,19,22H,7,12-18H2,1-2H3;6,8,10,17,20H,4-5,7,9,11-16H2,1-3H3;5,8-9,16,18H,3-4,6-7,10-15H2,1-2H3. The number of methoxy groups -OCH3 is 2. The molecule has 762 valence electrons. The van der Waals surface area contributed by atoms with Crippen LogP contribution >= 0.6 is 11.6 Å². The average Bonchev–Trinajstić information content (AvgIpc) is 1.63. The lowest BCUT2D eigenvalue weighted by molar-refractivity contribution is -0.0209. The van der Waals surface area contributed by atoms with Crippen molar-refractivity contribution in [3.05, 3.63) is 274 Å². The summed E-state index contributed by atoms with van der Waals surface area (Å²) in [5.41, 5.74) is 14.8. The van der Waals surface area contributed by atoms with E-state index in [0.29, 0.717) is 5.78 Å². The molecule has 5 aliphatic heterocycles. The number of hydrogen-bond acceptors (Lipinski definition) is 14. The van der Waals surface area contributed by atoms with Crippen LogP contribution in [0.5, 0.6) is 11.5 Å². The SMILES string of the molecule is CC(=O)c1cn(CCCN2CCC(C(=O)c3ccccc3)CC2)c2c(C)cccc12.CCCCC1CCN(CCCn2cc(C(C)=O)c3cccc(C)c32)CC1.CCCCC1CCN(CCCn2cc(C(C)=O)c3cccc(Cl)c32)CC1.COc1cccc2c(C(C)=O)cn(CCCN3CCC(Cc4ccccc4)CC3)c12.COc1cccc2c(C(C)=O)cn(CCCN3CCC(O)(Cc4ccccc4)CC3)c12. The van der Waals surface area contributed by atoms with Crippen molar-refractivity contribution in [2.24, 2.45) is 23.7 Å². The largest absolute Gasteiger partial charge is 0.495 e. The van der Waals surface area contributed by atoms with E-state index < -0.39 is 5.60 Å². The molecule has 18 rings (SSSR count). The first-order chi connectivity index (χ1) is 69.4. The molecule has 0 unspecified atom stereocenters. The fourth-order valence-corrected chi connectivity index (χ4v) is 23.2. The van der Waals surface area contributed by atoms with E-state index in [1.165, 1.54) is 163 Å². The molecular weight excluding hydrogens is 1800 g/mol. The van der Waals surface area contributed by atoms with Crippen molar-refractivity contribution in [1.29, 1.82) is 0 Å². The molecule has 5 aliphatic rings. The number of nitrogens with zero attached hydrogens (tertiary/aromatic N) is 10. The number of Topliss-reactive ketones (excluding diaryl/α,β-unsaturated/α-hetero) is 6. The summed E-state index contributed by atoms with van der Waals surface area (Å²) in [6, 6.07) is 60.9. The molecule has 0 saturated carbocycles. The first-order valence-corrected chi connectivity index (χ1v) is 54.1. The number of rotatable bonds is 39.